The fourth-order valence-corrected chi connectivity index (χ4v) is 6.95. The van der Waals surface area contributed by atoms with Gasteiger partial charge in [0.25, 0.3) is 0 Å². The summed E-state index contributed by atoms with van der Waals surface area (Å²) in [6.07, 6.45) is 40.7. The molecule has 0 heterocycles. The van der Waals surface area contributed by atoms with E-state index in [0.29, 0.717) is 6.61 Å². The van der Waals surface area contributed by atoms with Gasteiger partial charge in [0.1, 0.15) is 6.04 Å². The van der Waals surface area contributed by atoms with Gasteiger partial charge in [0.05, 0.1) is 13.2 Å². The van der Waals surface area contributed by atoms with Gasteiger partial charge < -0.3 is 19.7 Å². The molecule has 0 saturated carbocycles. The minimum absolute atomic E-state index is 0. The van der Waals surface area contributed by atoms with E-state index in [1.807, 2.05) is 0 Å². The Morgan fingerprint density at radius 2 is 0.800 bits per heavy atom. The zero-order valence-electron chi connectivity index (χ0n) is 36.5. The van der Waals surface area contributed by atoms with E-state index in [1.165, 1.54) is 167 Å². The number of unbranched alkanes of at least 4 members (excludes halogenated alkanes) is 30. The van der Waals surface area contributed by atoms with E-state index < -0.39 is 29.8 Å². The molecule has 1 atom stereocenters. The summed E-state index contributed by atoms with van der Waals surface area (Å²) in [5.74, 6) is -2.53. The molecule has 0 amide bonds. The van der Waals surface area contributed by atoms with Crippen LogP contribution in [0.25, 0.3) is 0 Å². The molecule has 0 unspecified atom stereocenters. The second-order valence-corrected chi connectivity index (χ2v) is 15.8. The van der Waals surface area contributed by atoms with Crippen LogP contribution in [-0.4, -0.2) is 48.2 Å². The van der Waals surface area contributed by atoms with E-state index in [4.69, 9.17) is 14.6 Å². The number of aliphatic imine (C=N–C) groups is 1. The Morgan fingerprint density at radius 3 is 1.15 bits per heavy atom. The summed E-state index contributed by atoms with van der Waals surface area (Å²) in [4.78, 5) is 40.1. The summed E-state index contributed by atoms with van der Waals surface area (Å²) >= 11 is 0. The van der Waals surface area contributed by atoms with Gasteiger partial charge in [-0.3, -0.25) is 14.6 Å². The topological polar surface area (TPSA) is 125 Å². The molecule has 9 heteroatoms. The number of ether oxygens (including phenoxy) is 2. The van der Waals surface area contributed by atoms with Crippen molar-refractivity contribution >= 4 is 23.8 Å². The molecule has 0 saturated heterocycles. The molecule has 0 aromatic rings. The van der Waals surface area contributed by atoms with Gasteiger partial charge in [-0.2, -0.15) is 0 Å². The van der Waals surface area contributed by atoms with Crippen LogP contribution >= 0.6 is 0 Å². The molecule has 0 aliphatic heterocycles. The summed E-state index contributed by atoms with van der Waals surface area (Å²) in [7, 11) is 0. The van der Waals surface area contributed by atoms with Gasteiger partial charge >= 0.3 is 47.5 Å². The summed E-state index contributed by atoms with van der Waals surface area (Å²) in [6, 6.07) is -1.08. The fourth-order valence-electron chi connectivity index (χ4n) is 6.95. The van der Waals surface area contributed by atoms with Crippen LogP contribution < -0.4 is 34.7 Å². The first kappa shape index (κ1) is 56.0. The molecule has 318 valence electrons. The number of carbonyl (C=O) groups is 3. The van der Waals surface area contributed by atoms with Gasteiger partial charge in [0.15, 0.2) is 0 Å². The first-order valence-corrected chi connectivity index (χ1v) is 23.2. The maximum absolute atomic E-state index is 12.8. The number of esters is 2. The second kappa shape index (κ2) is 45.6. The number of hydrogen-bond donors (Lipinski definition) is 1. The normalized spacial score (nSPS) is 12.0. The van der Waals surface area contributed by atoms with Crippen LogP contribution in [0.15, 0.2) is 4.99 Å². The predicted molar refractivity (Wildman–Crippen MR) is 223 cm³/mol. The predicted octanol–water partition coefficient (Wildman–Crippen LogP) is 9.76. The number of hydrogen-bond acceptors (Lipinski definition) is 7. The largest absolute Gasteiger partial charge is 1.00 e. The fraction of sp³-hybridized carbons (Fsp3) is 0.913. The summed E-state index contributed by atoms with van der Waals surface area (Å²) in [5.41, 5.74) is 0. The molecule has 0 aliphatic carbocycles. The van der Waals surface area contributed by atoms with Crippen molar-refractivity contribution in [3.63, 3.8) is 0 Å². The number of carboxylic acid groups (broad SMARTS) is 1. The second-order valence-electron chi connectivity index (χ2n) is 15.8. The van der Waals surface area contributed by atoms with Crippen molar-refractivity contribution in [2.24, 2.45) is 4.99 Å². The SMILES string of the molecule is CCCCCCCCCCCCCCCCCCOC(=O)CC[C@@H](N=C([O-])CCCC(=O)O)C(=O)OCCCCCCCCCCCCCCCCCC.[Na+]. The summed E-state index contributed by atoms with van der Waals surface area (Å²) < 4.78 is 10.9. The zero-order valence-corrected chi connectivity index (χ0v) is 38.5. The van der Waals surface area contributed by atoms with Gasteiger partial charge in [-0.15, -0.1) is 0 Å². The number of nitrogens with zero attached hydrogens (tertiary/aromatic N) is 1. The zero-order chi connectivity index (χ0) is 39.6. The third kappa shape index (κ3) is 43.8. The van der Waals surface area contributed by atoms with E-state index in [0.717, 1.165) is 38.5 Å². The Kier molecular flexibility index (Phi) is 46.4. The van der Waals surface area contributed by atoms with Crippen molar-refractivity contribution in [1.82, 2.24) is 0 Å². The van der Waals surface area contributed by atoms with Crippen LogP contribution in [0.4, 0.5) is 0 Å². The molecule has 0 rings (SSSR count). The van der Waals surface area contributed by atoms with Crippen molar-refractivity contribution in [3.05, 3.63) is 0 Å². The molecule has 0 aromatic heterocycles. The van der Waals surface area contributed by atoms with Gasteiger partial charge in [-0.1, -0.05) is 206 Å². The average molecular weight is 788 g/mol. The van der Waals surface area contributed by atoms with Crippen molar-refractivity contribution in [1.29, 1.82) is 0 Å². The number of carboxylic acids is 1. The number of carbonyl (C=O) groups excluding carboxylic acids is 2. The first-order chi connectivity index (χ1) is 26.4. The molecule has 0 radical (unpaired) electrons. The maximum atomic E-state index is 12.8. The van der Waals surface area contributed by atoms with Crippen LogP contribution in [0.3, 0.4) is 0 Å². The Morgan fingerprint density at radius 1 is 0.473 bits per heavy atom. The van der Waals surface area contributed by atoms with E-state index >= 15 is 0 Å². The van der Waals surface area contributed by atoms with Crippen molar-refractivity contribution in [2.75, 3.05) is 13.2 Å². The minimum Gasteiger partial charge on any atom is -0.862 e. The Labute approximate surface area is 361 Å². The summed E-state index contributed by atoms with van der Waals surface area (Å²) in [6.45, 7) is 5.15. The van der Waals surface area contributed by atoms with Crippen LogP contribution in [0, 0.1) is 0 Å². The molecule has 0 bridgehead atoms. The van der Waals surface area contributed by atoms with Crippen LogP contribution in [-0.2, 0) is 23.9 Å². The molecule has 0 spiro atoms. The number of rotatable bonds is 43. The first-order valence-electron chi connectivity index (χ1n) is 23.2. The molecular formula is C46H86NNaO7. The Hall–Kier alpha value is -1.12. The van der Waals surface area contributed by atoms with Crippen molar-refractivity contribution in [3.8, 4) is 0 Å². The quantitative estimate of drug-likeness (QED) is 0.0215. The van der Waals surface area contributed by atoms with Crippen LogP contribution in [0.2, 0.25) is 0 Å². The van der Waals surface area contributed by atoms with Gasteiger partial charge in [0.2, 0.25) is 0 Å². The number of aliphatic carboxylic acids is 1. The molecule has 1 N–H and O–H groups in total. The van der Waals surface area contributed by atoms with Gasteiger partial charge in [-0.05, 0) is 38.0 Å². The van der Waals surface area contributed by atoms with E-state index in [2.05, 4.69) is 18.8 Å². The molecule has 8 nitrogen and oxygen atoms in total. The smallest absolute Gasteiger partial charge is 0.862 e. The van der Waals surface area contributed by atoms with Crippen molar-refractivity contribution < 1.29 is 63.6 Å². The Balaban J connectivity index is 0. The van der Waals surface area contributed by atoms with E-state index in [1.54, 1.807) is 0 Å². The monoisotopic (exact) mass is 788 g/mol. The third-order valence-electron chi connectivity index (χ3n) is 10.5. The summed E-state index contributed by atoms with van der Waals surface area (Å²) in [5, 5.41) is 21.2. The molecule has 0 aromatic carbocycles. The standard InChI is InChI=1S/C46H87NO7.Na/c1-3-5-7-9-11-13-15-17-19-21-23-25-27-29-31-33-40-53-45(51)39-38-42(47-43(48)36-35-37-44(49)50)46(52)54-41-34-32-30-28-26-24-22-20-18-16-14-12-10-8-6-4-2;/h42H,3-41H2,1-2H3,(H,47,48)(H,49,50);/q;+1/p-1/t42-;/m1./s1. The molecule has 55 heavy (non-hydrogen) atoms. The Bertz CT molecular complexity index is 884. The minimum atomic E-state index is -1.08. The van der Waals surface area contributed by atoms with E-state index in [-0.39, 0.29) is 68.3 Å². The maximum Gasteiger partial charge on any atom is 1.00 e. The molecule has 0 aliphatic rings. The molecule has 0 fully saturated rings. The van der Waals surface area contributed by atoms with Gasteiger partial charge in [0, 0.05) is 12.8 Å². The average Bonchev–Trinajstić information content (AvgIpc) is 3.15. The van der Waals surface area contributed by atoms with E-state index in [9.17, 15) is 19.5 Å². The molecular weight excluding hydrogens is 701 g/mol. The van der Waals surface area contributed by atoms with Gasteiger partial charge in [-0.25, -0.2) is 4.79 Å². The van der Waals surface area contributed by atoms with Crippen LogP contribution in [0.5, 0.6) is 0 Å². The van der Waals surface area contributed by atoms with Crippen LogP contribution in [0.1, 0.15) is 251 Å². The van der Waals surface area contributed by atoms with Crippen molar-refractivity contribution in [2.45, 2.75) is 257 Å². The third-order valence-corrected chi connectivity index (χ3v) is 10.5.